The molecule has 2 aliphatic rings. The SMILES string of the molecule is CC(NC(=O)N(C)C1COCC1C(=O)O)C1CCCCC1. The van der Waals surface area contributed by atoms with Crippen LogP contribution in [-0.2, 0) is 9.53 Å². The Bertz CT molecular complexity index is 382. The van der Waals surface area contributed by atoms with Crippen molar-refractivity contribution in [3.63, 3.8) is 0 Å². The maximum Gasteiger partial charge on any atom is 0.317 e. The van der Waals surface area contributed by atoms with Gasteiger partial charge in [-0.15, -0.1) is 0 Å². The first-order valence-corrected chi connectivity index (χ1v) is 7.84. The Morgan fingerprint density at radius 1 is 1.24 bits per heavy atom. The molecule has 21 heavy (non-hydrogen) atoms. The van der Waals surface area contributed by atoms with E-state index in [1.54, 1.807) is 7.05 Å². The van der Waals surface area contributed by atoms with Gasteiger partial charge in [0.1, 0.15) is 5.92 Å². The first-order chi connectivity index (χ1) is 10.0. The fraction of sp³-hybridized carbons (Fsp3) is 0.867. The number of aliphatic carboxylic acids is 1. The van der Waals surface area contributed by atoms with E-state index < -0.39 is 11.9 Å². The summed E-state index contributed by atoms with van der Waals surface area (Å²) in [5.41, 5.74) is 0. The smallest absolute Gasteiger partial charge is 0.317 e. The minimum Gasteiger partial charge on any atom is -0.481 e. The number of nitrogens with zero attached hydrogens (tertiary/aromatic N) is 1. The number of likely N-dealkylation sites (N-methyl/N-ethyl adjacent to an activating group) is 1. The van der Waals surface area contributed by atoms with Gasteiger partial charge in [0.2, 0.25) is 0 Å². The molecule has 2 fully saturated rings. The predicted molar refractivity (Wildman–Crippen MR) is 78.1 cm³/mol. The second-order valence-corrected chi connectivity index (χ2v) is 6.30. The molecule has 0 spiro atoms. The van der Waals surface area contributed by atoms with E-state index in [0.717, 1.165) is 12.8 Å². The third-order valence-corrected chi connectivity index (χ3v) is 4.89. The standard InChI is InChI=1S/C15H26N2O4/c1-10(11-6-4-3-5-7-11)16-15(20)17(2)13-9-21-8-12(13)14(18)19/h10-13H,3-9H2,1-2H3,(H,16,20)(H,18,19). The summed E-state index contributed by atoms with van der Waals surface area (Å²) in [5, 5.41) is 12.2. The summed E-state index contributed by atoms with van der Waals surface area (Å²) < 4.78 is 5.22. The van der Waals surface area contributed by atoms with Crippen LogP contribution < -0.4 is 5.32 Å². The quantitative estimate of drug-likeness (QED) is 0.828. The van der Waals surface area contributed by atoms with Crippen LogP contribution in [0, 0.1) is 11.8 Å². The van der Waals surface area contributed by atoms with Crippen molar-refractivity contribution in [2.45, 2.75) is 51.1 Å². The van der Waals surface area contributed by atoms with E-state index in [1.807, 2.05) is 6.92 Å². The summed E-state index contributed by atoms with van der Waals surface area (Å²) in [5.74, 6) is -1.01. The van der Waals surface area contributed by atoms with Crippen LogP contribution >= 0.6 is 0 Å². The molecule has 3 atom stereocenters. The summed E-state index contributed by atoms with van der Waals surface area (Å²) in [7, 11) is 1.65. The number of amides is 2. The van der Waals surface area contributed by atoms with Crippen molar-refractivity contribution in [3.8, 4) is 0 Å². The highest BCUT2D eigenvalue weighted by Gasteiger charge is 2.39. The van der Waals surface area contributed by atoms with Crippen LogP contribution in [0.4, 0.5) is 4.79 Å². The number of urea groups is 1. The molecular formula is C15H26N2O4. The van der Waals surface area contributed by atoms with Gasteiger partial charge < -0.3 is 20.1 Å². The van der Waals surface area contributed by atoms with Gasteiger partial charge in [-0.05, 0) is 25.7 Å². The minimum atomic E-state index is -0.905. The van der Waals surface area contributed by atoms with Gasteiger partial charge in [-0.25, -0.2) is 4.79 Å². The van der Waals surface area contributed by atoms with E-state index in [0.29, 0.717) is 12.5 Å². The Balaban J connectivity index is 1.88. The molecule has 0 radical (unpaired) electrons. The third kappa shape index (κ3) is 3.87. The number of carboxylic acid groups (broad SMARTS) is 1. The summed E-state index contributed by atoms with van der Waals surface area (Å²) in [6.45, 7) is 2.51. The molecule has 3 unspecified atom stereocenters. The molecule has 0 aromatic rings. The van der Waals surface area contributed by atoms with Gasteiger partial charge >= 0.3 is 12.0 Å². The van der Waals surface area contributed by atoms with Crippen molar-refractivity contribution in [2.75, 3.05) is 20.3 Å². The van der Waals surface area contributed by atoms with Crippen LogP contribution in [0.1, 0.15) is 39.0 Å². The monoisotopic (exact) mass is 298 g/mol. The summed E-state index contributed by atoms with van der Waals surface area (Å²) in [4.78, 5) is 25.0. The highest BCUT2D eigenvalue weighted by atomic mass is 16.5. The zero-order valence-corrected chi connectivity index (χ0v) is 12.9. The first-order valence-electron chi connectivity index (χ1n) is 7.84. The number of ether oxygens (including phenoxy) is 1. The molecule has 1 aliphatic carbocycles. The molecule has 2 rings (SSSR count). The lowest BCUT2D eigenvalue weighted by molar-refractivity contribution is -0.142. The van der Waals surface area contributed by atoms with E-state index in [4.69, 9.17) is 9.84 Å². The maximum atomic E-state index is 12.3. The molecule has 6 nitrogen and oxygen atoms in total. The van der Waals surface area contributed by atoms with E-state index in [9.17, 15) is 9.59 Å². The fourth-order valence-corrected chi connectivity index (χ4v) is 3.36. The van der Waals surface area contributed by atoms with Gasteiger partial charge in [0.05, 0.1) is 19.3 Å². The molecule has 0 bridgehead atoms. The van der Waals surface area contributed by atoms with Crippen molar-refractivity contribution >= 4 is 12.0 Å². The van der Waals surface area contributed by atoms with Crippen molar-refractivity contribution in [3.05, 3.63) is 0 Å². The summed E-state index contributed by atoms with van der Waals surface area (Å²) >= 11 is 0. The van der Waals surface area contributed by atoms with Gasteiger partial charge in [0.25, 0.3) is 0 Å². The molecule has 1 heterocycles. The van der Waals surface area contributed by atoms with Gasteiger partial charge in [0, 0.05) is 13.1 Å². The molecule has 1 saturated carbocycles. The van der Waals surface area contributed by atoms with Crippen molar-refractivity contribution in [1.82, 2.24) is 10.2 Å². The Morgan fingerprint density at radius 2 is 1.90 bits per heavy atom. The third-order valence-electron chi connectivity index (χ3n) is 4.89. The summed E-state index contributed by atoms with van der Waals surface area (Å²) in [6, 6.07) is -0.457. The van der Waals surface area contributed by atoms with Gasteiger partial charge in [-0.3, -0.25) is 4.79 Å². The Morgan fingerprint density at radius 3 is 2.52 bits per heavy atom. The first kappa shape index (κ1) is 16.1. The highest BCUT2D eigenvalue weighted by Crippen LogP contribution is 2.26. The lowest BCUT2D eigenvalue weighted by Gasteiger charge is -2.32. The molecule has 1 aliphatic heterocycles. The van der Waals surface area contributed by atoms with E-state index in [-0.39, 0.29) is 24.7 Å². The lowest BCUT2D eigenvalue weighted by atomic mass is 9.84. The van der Waals surface area contributed by atoms with Crippen molar-refractivity contribution in [1.29, 1.82) is 0 Å². The fourth-order valence-electron chi connectivity index (χ4n) is 3.36. The largest absolute Gasteiger partial charge is 0.481 e. The molecule has 2 N–H and O–H groups in total. The second-order valence-electron chi connectivity index (χ2n) is 6.30. The molecular weight excluding hydrogens is 272 g/mol. The van der Waals surface area contributed by atoms with Crippen LogP contribution in [0.5, 0.6) is 0 Å². The van der Waals surface area contributed by atoms with Crippen LogP contribution in [0.15, 0.2) is 0 Å². The average molecular weight is 298 g/mol. The number of nitrogens with one attached hydrogen (secondary N) is 1. The second kappa shape index (κ2) is 7.11. The van der Waals surface area contributed by atoms with E-state index in [2.05, 4.69) is 5.32 Å². The topological polar surface area (TPSA) is 78.9 Å². The van der Waals surface area contributed by atoms with Crippen molar-refractivity contribution < 1.29 is 19.4 Å². The van der Waals surface area contributed by atoms with E-state index >= 15 is 0 Å². The Hall–Kier alpha value is -1.30. The average Bonchev–Trinajstić information content (AvgIpc) is 2.96. The van der Waals surface area contributed by atoms with Gasteiger partial charge in [-0.1, -0.05) is 19.3 Å². The van der Waals surface area contributed by atoms with Crippen LogP contribution in [0.25, 0.3) is 0 Å². The van der Waals surface area contributed by atoms with Crippen LogP contribution in [0.3, 0.4) is 0 Å². The number of rotatable bonds is 4. The van der Waals surface area contributed by atoms with Crippen LogP contribution in [-0.4, -0.2) is 54.4 Å². The number of hydrogen-bond acceptors (Lipinski definition) is 3. The van der Waals surface area contributed by atoms with E-state index in [1.165, 1.54) is 24.2 Å². The molecule has 6 heteroatoms. The lowest BCUT2D eigenvalue weighted by Crippen LogP contribution is -2.51. The van der Waals surface area contributed by atoms with Gasteiger partial charge in [-0.2, -0.15) is 0 Å². The minimum absolute atomic E-state index is 0.130. The molecule has 0 aromatic carbocycles. The Labute approximate surface area is 125 Å². The number of carboxylic acids is 1. The number of carbonyl (C=O) groups is 2. The maximum absolute atomic E-state index is 12.3. The predicted octanol–water partition coefficient (Wildman–Crippen LogP) is 1.70. The Kier molecular flexibility index (Phi) is 5.45. The molecule has 0 aromatic heterocycles. The molecule has 2 amide bonds. The number of hydrogen-bond donors (Lipinski definition) is 2. The van der Waals surface area contributed by atoms with Crippen LogP contribution in [0.2, 0.25) is 0 Å². The number of carbonyl (C=O) groups excluding carboxylic acids is 1. The van der Waals surface area contributed by atoms with Crippen molar-refractivity contribution in [2.24, 2.45) is 11.8 Å². The molecule has 120 valence electrons. The van der Waals surface area contributed by atoms with Gasteiger partial charge in [0.15, 0.2) is 0 Å². The molecule has 1 saturated heterocycles. The zero-order chi connectivity index (χ0) is 15.4. The normalized spacial score (nSPS) is 28.1. The summed E-state index contributed by atoms with van der Waals surface area (Å²) in [6.07, 6.45) is 6.08. The zero-order valence-electron chi connectivity index (χ0n) is 12.9. The highest BCUT2D eigenvalue weighted by molar-refractivity contribution is 5.77.